The van der Waals surface area contributed by atoms with Gasteiger partial charge in [-0.1, -0.05) is 323 Å². The average Bonchev–Trinajstić information content (AvgIpc) is 1.49. The second-order valence-corrected chi connectivity index (χ2v) is 26.7. The second kappa shape index (κ2) is 29.7. The van der Waals surface area contributed by atoms with Crippen molar-refractivity contribution in [2.75, 3.05) is 0 Å². The molecule has 3 aliphatic rings. The average molecular weight is 1160 g/mol. The summed E-state index contributed by atoms with van der Waals surface area (Å²) < 4.78 is 0. The van der Waals surface area contributed by atoms with Gasteiger partial charge in [-0.15, -0.1) is 0 Å². The molecule has 0 radical (unpaired) electrons. The highest BCUT2D eigenvalue weighted by atomic mass is 16.1. The van der Waals surface area contributed by atoms with E-state index in [4.69, 9.17) is 0 Å². The summed E-state index contributed by atoms with van der Waals surface area (Å²) in [4.78, 5) is 45.5. The first-order valence-electron chi connectivity index (χ1n) is 35.2. The van der Waals surface area contributed by atoms with Crippen LogP contribution in [0.15, 0.2) is 146 Å². The Balaban J connectivity index is 1.41. The molecule has 0 aliphatic heterocycles. The molecule has 7 aromatic rings. The van der Waals surface area contributed by atoms with Crippen LogP contribution in [-0.2, 0) is 16.2 Å². The van der Waals surface area contributed by atoms with Crippen molar-refractivity contribution in [3.63, 3.8) is 0 Å². The molecule has 0 bridgehead atoms. The van der Waals surface area contributed by atoms with Gasteiger partial charge in [0, 0.05) is 49.6 Å². The van der Waals surface area contributed by atoms with Crippen LogP contribution in [0, 0.1) is 0 Å². The molecule has 0 heterocycles. The van der Waals surface area contributed by atoms with Crippen LogP contribution >= 0.6 is 0 Å². The lowest BCUT2D eigenvalue weighted by Crippen LogP contribution is -2.31. The van der Waals surface area contributed by atoms with E-state index < -0.39 is 16.2 Å². The summed E-state index contributed by atoms with van der Waals surface area (Å²) in [6.07, 6.45) is 33.8. The largest absolute Gasteiger partial charge is 0.289 e. The van der Waals surface area contributed by atoms with Gasteiger partial charge in [-0.2, -0.15) is 0 Å². The molecule has 0 N–H and O–H groups in total. The van der Waals surface area contributed by atoms with E-state index in [0.29, 0.717) is 0 Å². The highest BCUT2D eigenvalue weighted by Gasteiger charge is 2.58. The molecule has 0 saturated carbocycles. The SMILES string of the molecule is CCCCCCC1(CCCCCC)c2cc(C(=O)c3ccccc3)ccc2-c2c1c1c(c3c2C(CCCCCC)(CCCCCC)c2cc(C(=O)c4ccccc4)ccc2-3)C(CCCCCC)(CCCCCC)c2cc(C(=O)c3ccccc3)ccc2-1. The van der Waals surface area contributed by atoms with Crippen molar-refractivity contribution in [3.8, 4) is 33.4 Å². The minimum absolute atomic E-state index is 0.0824. The van der Waals surface area contributed by atoms with E-state index in [9.17, 15) is 0 Å². The third kappa shape index (κ3) is 12.6. The second-order valence-electron chi connectivity index (χ2n) is 26.7. The van der Waals surface area contributed by atoms with Crippen molar-refractivity contribution >= 4 is 17.3 Å². The van der Waals surface area contributed by atoms with Crippen LogP contribution in [0.2, 0.25) is 0 Å². The zero-order chi connectivity index (χ0) is 60.8. The van der Waals surface area contributed by atoms with Crippen molar-refractivity contribution in [1.29, 1.82) is 0 Å². The highest BCUT2D eigenvalue weighted by molar-refractivity contribution is 6.13. The summed E-state index contributed by atoms with van der Waals surface area (Å²) >= 11 is 0. The molecule has 87 heavy (non-hydrogen) atoms. The van der Waals surface area contributed by atoms with Crippen LogP contribution in [0.25, 0.3) is 33.4 Å². The van der Waals surface area contributed by atoms with Crippen molar-refractivity contribution < 1.29 is 14.4 Å². The zero-order valence-corrected chi connectivity index (χ0v) is 54.3. The van der Waals surface area contributed by atoms with E-state index in [-0.39, 0.29) is 17.3 Å². The lowest BCUT2D eigenvalue weighted by Gasteiger charge is -2.40. The van der Waals surface area contributed by atoms with Crippen LogP contribution in [0.3, 0.4) is 0 Å². The number of carbonyl (C=O) groups is 3. The Kier molecular flexibility index (Phi) is 21.7. The molecule has 0 unspecified atom stereocenters. The first-order valence-corrected chi connectivity index (χ1v) is 35.2. The maximum atomic E-state index is 15.2. The summed E-state index contributed by atoms with van der Waals surface area (Å²) in [5.74, 6) is 0.247. The maximum Gasteiger partial charge on any atom is 0.193 e. The fourth-order valence-corrected chi connectivity index (χ4v) is 16.6. The Morgan fingerprint density at radius 1 is 0.253 bits per heavy atom. The third-order valence-corrected chi connectivity index (χ3v) is 21.0. The molecule has 456 valence electrons. The quantitative estimate of drug-likeness (QED) is 0.0290. The standard InChI is InChI=1S/C84H102O3/c1-7-13-19-34-52-82(53-35-20-14-8-2)70-58-64(79(85)61-40-28-25-29-41-61)46-49-67(70)73-76(82)74-68-50-47-65(80(86)62-42-30-26-31-43-62)59-71(68)83(54-36-21-15-9-3,55-37-22-16-10-4)78(74)75-69-51-48-66(81(87)63-44-32-27-33-45-63)60-72(69)84(77(73)75,56-38-23-17-11-5)57-39-24-18-12-6/h25-33,40-51,58-60H,7-24,34-39,52-57H2,1-6H3. The number of benzene rings is 7. The topological polar surface area (TPSA) is 51.2 Å². The minimum atomic E-state index is -0.395. The summed E-state index contributed by atoms with van der Waals surface area (Å²) in [6.45, 7) is 14.0. The van der Waals surface area contributed by atoms with Crippen LogP contribution in [0.5, 0.6) is 0 Å². The number of fused-ring (bicyclic) bond motifs is 12. The molecular formula is C84H102O3. The molecule has 0 fully saturated rings. The van der Waals surface area contributed by atoms with Crippen LogP contribution in [0.1, 0.15) is 315 Å². The van der Waals surface area contributed by atoms with Gasteiger partial charge in [0.25, 0.3) is 0 Å². The first kappa shape index (κ1) is 63.6. The van der Waals surface area contributed by atoms with Crippen molar-refractivity contribution in [2.45, 2.75) is 250 Å². The van der Waals surface area contributed by atoms with Gasteiger partial charge in [0.05, 0.1) is 0 Å². The molecule has 10 rings (SSSR count). The molecule has 0 amide bonds. The molecule has 3 aliphatic carbocycles. The number of carbonyl (C=O) groups excluding carboxylic acids is 3. The smallest absolute Gasteiger partial charge is 0.193 e. The molecule has 0 spiro atoms. The van der Waals surface area contributed by atoms with E-state index in [2.05, 4.69) is 96.1 Å². The van der Waals surface area contributed by atoms with E-state index in [1.807, 2.05) is 91.0 Å². The molecule has 3 heteroatoms. The van der Waals surface area contributed by atoms with E-state index in [0.717, 1.165) is 187 Å². The number of hydrogen-bond donors (Lipinski definition) is 0. The minimum Gasteiger partial charge on any atom is -0.289 e. The Hall–Kier alpha value is -6.45. The molecular weight excluding hydrogens is 1060 g/mol. The van der Waals surface area contributed by atoms with E-state index in [1.54, 1.807) is 0 Å². The first-order chi connectivity index (χ1) is 42.7. The lowest BCUT2D eigenvalue weighted by molar-refractivity contribution is 0.103. The van der Waals surface area contributed by atoms with Crippen molar-refractivity contribution in [2.24, 2.45) is 0 Å². The fraction of sp³-hybridized carbons (Fsp3) is 0.464. The Morgan fingerprint density at radius 2 is 0.471 bits per heavy atom. The lowest BCUT2D eigenvalue weighted by atomic mass is 9.63. The van der Waals surface area contributed by atoms with Gasteiger partial charge >= 0.3 is 0 Å². The van der Waals surface area contributed by atoms with Gasteiger partial charge in [-0.3, -0.25) is 14.4 Å². The van der Waals surface area contributed by atoms with Crippen LogP contribution in [0.4, 0.5) is 0 Å². The van der Waals surface area contributed by atoms with Gasteiger partial charge < -0.3 is 0 Å². The number of hydrogen-bond acceptors (Lipinski definition) is 3. The Labute approximate surface area is 525 Å². The normalized spacial score (nSPS) is 14.3. The maximum absolute atomic E-state index is 15.2. The van der Waals surface area contributed by atoms with Gasteiger partial charge in [-0.05, 0) is 123 Å². The molecule has 7 aromatic carbocycles. The summed E-state index contributed by atoms with van der Waals surface area (Å²) in [5.41, 5.74) is 20.2. The third-order valence-electron chi connectivity index (χ3n) is 21.0. The van der Waals surface area contributed by atoms with E-state index in [1.165, 1.54) is 105 Å². The molecule has 0 aromatic heterocycles. The summed E-state index contributed by atoms with van der Waals surface area (Å²) in [7, 11) is 0. The zero-order valence-electron chi connectivity index (χ0n) is 54.3. The number of unbranched alkanes of at least 4 members (excludes halogenated alkanes) is 18. The predicted octanol–water partition coefficient (Wildman–Crippen LogP) is 24.0. The van der Waals surface area contributed by atoms with Gasteiger partial charge in [0.15, 0.2) is 17.3 Å². The van der Waals surface area contributed by atoms with Crippen molar-refractivity contribution in [3.05, 3.63) is 212 Å². The van der Waals surface area contributed by atoms with Gasteiger partial charge in [0.1, 0.15) is 0 Å². The molecule has 0 saturated heterocycles. The molecule has 3 nitrogen and oxygen atoms in total. The Bertz CT molecular complexity index is 3030. The Morgan fingerprint density at radius 3 is 0.678 bits per heavy atom. The summed E-state index contributed by atoms with van der Waals surface area (Å²) in [6, 6.07) is 51.0. The number of ketones is 3. The number of rotatable bonds is 36. The summed E-state index contributed by atoms with van der Waals surface area (Å²) in [5, 5.41) is 0. The van der Waals surface area contributed by atoms with Gasteiger partial charge in [0.2, 0.25) is 0 Å². The molecule has 0 atom stereocenters. The predicted molar refractivity (Wildman–Crippen MR) is 367 cm³/mol. The fourth-order valence-electron chi connectivity index (χ4n) is 16.6. The van der Waals surface area contributed by atoms with Crippen LogP contribution in [-0.4, -0.2) is 17.3 Å². The van der Waals surface area contributed by atoms with E-state index >= 15 is 14.4 Å². The monoisotopic (exact) mass is 1160 g/mol. The highest BCUT2D eigenvalue weighted by Crippen LogP contribution is 2.71. The van der Waals surface area contributed by atoms with Crippen LogP contribution < -0.4 is 0 Å². The van der Waals surface area contributed by atoms with Crippen molar-refractivity contribution in [1.82, 2.24) is 0 Å². The van der Waals surface area contributed by atoms with Gasteiger partial charge in [-0.25, -0.2) is 0 Å².